The van der Waals surface area contributed by atoms with E-state index in [2.05, 4.69) is 39.0 Å². The molecule has 0 aliphatic rings. The van der Waals surface area contributed by atoms with Crippen LogP contribution in [0.15, 0.2) is 29.0 Å². The first-order valence-corrected chi connectivity index (χ1v) is 6.47. The first kappa shape index (κ1) is 12.7. The van der Waals surface area contributed by atoms with Gasteiger partial charge in [-0.1, -0.05) is 5.16 Å². The molecule has 3 heterocycles. The molecule has 3 rings (SSSR count). The van der Waals surface area contributed by atoms with E-state index in [1.807, 2.05) is 19.2 Å². The maximum atomic E-state index is 5.30. The van der Waals surface area contributed by atoms with Crippen molar-refractivity contribution in [2.45, 2.75) is 26.4 Å². The first-order chi connectivity index (χ1) is 9.65. The molecule has 3 aromatic heterocycles. The van der Waals surface area contributed by atoms with Crippen LogP contribution < -0.4 is 0 Å². The molecule has 7 heteroatoms. The van der Waals surface area contributed by atoms with Crippen LogP contribution in [0, 0.1) is 0 Å². The summed E-state index contributed by atoms with van der Waals surface area (Å²) in [6.07, 6.45) is 3.40. The van der Waals surface area contributed by atoms with Crippen LogP contribution in [-0.4, -0.2) is 42.7 Å². The van der Waals surface area contributed by atoms with Crippen molar-refractivity contribution in [2.24, 2.45) is 0 Å². The van der Waals surface area contributed by atoms with E-state index in [1.54, 1.807) is 16.9 Å². The zero-order valence-corrected chi connectivity index (χ0v) is 11.7. The molecule has 0 saturated heterocycles. The highest BCUT2D eigenvalue weighted by molar-refractivity contribution is 5.53. The number of hydrogen-bond acceptors (Lipinski definition) is 6. The molecule has 0 amide bonds. The maximum Gasteiger partial charge on any atom is 0.241 e. The number of hydrogen-bond donors (Lipinski definition) is 0. The standard InChI is InChI=1S/C13H16N6O/c1-9(2)18(3)8-12-16-13(17-20-12)10-4-6-14-11-5-7-15-19(10)11/h4-7,9H,8H2,1-3H3. The number of rotatable bonds is 4. The Labute approximate surface area is 116 Å². The summed E-state index contributed by atoms with van der Waals surface area (Å²) in [4.78, 5) is 10.8. The van der Waals surface area contributed by atoms with Crippen LogP contribution in [0.25, 0.3) is 17.2 Å². The van der Waals surface area contributed by atoms with Crippen LogP contribution >= 0.6 is 0 Å². The lowest BCUT2D eigenvalue weighted by Crippen LogP contribution is -2.25. The van der Waals surface area contributed by atoms with Gasteiger partial charge in [-0.25, -0.2) is 9.50 Å². The lowest BCUT2D eigenvalue weighted by molar-refractivity contribution is 0.226. The molecule has 0 aromatic carbocycles. The third-order valence-corrected chi connectivity index (χ3v) is 3.25. The fourth-order valence-electron chi connectivity index (χ4n) is 1.82. The molecule has 3 aromatic rings. The van der Waals surface area contributed by atoms with Crippen molar-refractivity contribution in [1.29, 1.82) is 0 Å². The second kappa shape index (κ2) is 5.01. The summed E-state index contributed by atoms with van der Waals surface area (Å²) in [6.45, 7) is 4.86. The average Bonchev–Trinajstić information content (AvgIpc) is 3.06. The predicted molar refractivity (Wildman–Crippen MR) is 72.9 cm³/mol. The minimum Gasteiger partial charge on any atom is -0.337 e. The van der Waals surface area contributed by atoms with Crippen molar-refractivity contribution < 1.29 is 4.52 Å². The Morgan fingerprint density at radius 3 is 2.95 bits per heavy atom. The molecule has 0 atom stereocenters. The third kappa shape index (κ3) is 2.27. The smallest absolute Gasteiger partial charge is 0.241 e. The summed E-state index contributed by atoms with van der Waals surface area (Å²) in [5.74, 6) is 1.11. The monoisotopic (exact) mass is 272 g/mol. The normalized spacial score (nSPS) is 11.8. The number of fused-ring (bicyclic) bond motifs is 1. The van der Waals surface area contributed by atoms with E-state index < -0.39 is 0 Å². The van der Waals surface area contributed by atoms with Crippen molar-refractivity contribution in [3.63, 3.8) is 0 Å². The van der Waals surface area contributed by atoms with E-state index in [0.29, 0.717) is 24.3 Å². The van der Waals surface area contributed by atoms with Crippen LogP contribution in [0.2, 0.25) is 0 Å². The van der Waals surface area contributed by atoms with E-state index >= 15 is 0 Å². The van der Waals surface area contributed by atoms with Gasteiger partial charge in [-0.15, -0.1) is 0 Å². The second-order valence-corrected chi connectivity index (χ2v) is 4.95. The first-order valence-electron chi connectivity index (χ1n) is 6.47. The molecule has 0 radical (unpaired) electrons. The molecule has 0 unspecified atom stereocenters. The molecule has 0 N–H and O–H groups in total. The van der Waals surface area contributed by atoms with Gasteiger partial charge in [0.2, 0.25) is 11.7 Å². The Morgan fingerprint density at radius 1 is 1.30 bits per heavy atom. The molecule has 0 aliphatic heterocycles. The lowest BCUT2D eigenvalue weighted by Gasteiger charge is -2.17. The van der Waals surface area contributed by atoms with E-state index in [0.717, 1.165) is 11.3 Å². The summed E-state index contributed by atoms with van der Waals surface area (Å²) >= 11 is 0. The Kier molecular flexibility index (Phi) is 3.19. The van der Waals surface area contributed by atoms with E-state index in [1.165, 1.54) is 0 Å². The van der Waals surface area contributed by atoms with Gasteiger partial charge in [0.15, 0.2) is 5.65 Å². The molecular weight excluding hydrogens is 256 g/mol. The van der Waals surface area contributed by atoms with Gasteiger partial charge in [0.1, 0.15) is 5.69 Å². The van der Waals surface area contributed by atoms with Crippen molar-refractivity contribution in [2.75, 3.05) is 7.05 Å². The van der Waals surface area contributed by atoms with Gasteiger partial charge in [-0.05, 0) is 27.0 Å². The van der Waals surface area contributed by atoms with Crippen LogP contribution in [0.4, 0.5) is 0 Å². The van der Waals surface area contributed by atoms with Crippen molar-refractivity contribution in [3.05, 3.63) is 30.4 Å². The summed E-state index contributed by atoms with van der Waals surface area (Å²) < 4.78 is 7.00. The molecule has 0 saturated carbocycles. The topological polar surface area (TPSA) is 72.4 Å². The number of aromatic nitrogens is 5. The van der Waals surface area contributed by atoms with E-state index in [9.17, 15) is 0 Å². The minimum atomic E-state index is 0.420. The molecule has 104 valence electrons. The largest absolute Gasteiger partial charge is 0.337 e. The predicted octanol–water partition coefficient (Wildman–Crippen LogP) is 1.62. The van der Waals surface area contributed by atoms with Gasteiger partial charge in [0.05, 0.1) is 12.7 Å². The number of nitrogens with zero attached hydrogens (tertiary/aromatic N) is 6. The van der Waals surface area contributed by atoms with E-state index in [4.69, 9.17) is 4.52 Å². The van der Waals surface area contributed by atoms with Crippen molar-refractivity contribution in [3.8, 4) is 11.5 Å². The third-order valence-electron chi connectivity index (χ3n) is 3.25. The molecular formula is C13H16N6O. The quantitative estimate of drug-likeness (QED) is 0.718. The highest BCUT2D eigenvalue weighted by Crippen LogP contribution is 2.16. The van der Waals surface area contributed by atoms with Crippen LogP contribution in [0.3, 0.4) is 0 Å². The molecule has 7 nitrogen and oxygen atoms in total. The fraction of sp³-hybridized carbons (Fsp3) is 0.385. The minimum absolute atomic E-state index is 0.420. The van der Waals surface area contributed by atoms with Gasteiger partial charge < -0.3 is 4.52 Å². The summed E-state index contributed by atoms with van der Waals surface area (Å²) in [5.41, 5.74) is 1.52. The Balaban J connectivity index is 1.92. The maximum absolute atomic E-state index is 5.30. The Morgan fingerprint density at radius 2 is 2.15 bits per heavy atom. The van der Waals surface area contributed by atoms with Gasteiger partial charge in [0, 0.05) is 18.3 Å². The second-order valence-electron chi connectivity index (χ2n) is 4.95. The summed E-state index contributed by atoms with van der Waals surface area (Å²) in [5, 5.41) is 8.24. The van der Waals surface area contributed by atoms with Crippen LogP contribution in [0.1, 0.15) is 19.7 Å². The lowest BCUT2D eigenvalue weighted by atomic mass is 10.3. The Hall–Kier alpha value is -2.28. The zero-order chi connectivity index (χ0) is 14.1. The SMILES string of the molecule is CC(C)N(C)Cc1nc(-c2ccnc3ccnn23)no1. The van der Waals surface area contributed by atoms with Crippen LogP contribution in [-0.2, 0) is 6.54 Å². The molecule has 0 spiro atoms. The molecule has 0 bridgehead atoms. The Bertz CT molecular complexity index is 716. The summed E-state index contributed by atoms with van der Waals surface area (Å²) in [7, 11) is 2.02. The van der Waals surface area contributed by atoms with Gasteiger partial charge in [-0.2, -0.15) is 10.1 Å². The van der Waals surface area contributed by atoms with Crippen molar-refractivity contribution in [1.82, 2.24) is 29.6 Å². The average molecular weight is 272 g/mol. The van der Waals surface area contributed by atoms with Crippen molar-refractivity contribution >= 4 is 5.65 Å². The van der Waals surface area contributed by atoms with Gasteiger partial charge >= 0.3 is 0 Å². The summed E-state index contributed by atoms with van der Waals surface area (Å²) in [6, 6.07) is 4.07. The van der Waals surface area contributed by atoms with E-state index in [-0.39, 0.29) is 0 Å². The highest BCUT2D eigenvalue weighted by atomic mass is 16.5. The zero-order valence-electron chi connectivity index (χ0n) is 11.7. The molecule has 0 fully saturated rings. The highest BCUT2D eigenvalue weighted by Gasteiger charge is 2.14. The fourth-order valence-corrected chi connectivity index (χ4v) is 1.82. The molecule has 0 aliphatic carbocycles. The molecule has 20 heavy (non-hydrogen) atoms. The van der Waals surface area contributed by atoms with Crippen LogP contribution in [0.5, 0.6) is 0 Å². The van der Waals surface area contributed by atoms with Gasteiger partial charge in [-0.3, -0.25) is 4.90 Å². The van der Waals surface area contributed by atoms with Gasteiger partial charge in [0.25, 0.3) is 0 Å².